The van der Waals surface area contributed by atoms with Crippen LogP contribution in [0.3, 0.4) is 0 Å². The smallest absolute Gasteiger partial charge is 0.00742 e. The van der Waals surface area contributed by atoms with Crippen molar-refractivity contribution in [3.05, 3.63) is 0 Å². The highest BCUT2D eigenvalue weighted by atomic mass is 127. The second-order valence-electron chi connectivity index (χ2n) is 3.42. The highest BCUT2D eigenvalue weighted by Gasteiger charge is 2.15. The molecule has 1 aliphatic heterocycles. The second-order valence-corrected chi connectivity index (χ2v) is 4.50. The van der Waals surface area contributed by atoms with Crippen LogP contribution in [0.1, 0.15) is 32.6 Å². The van der Waals surface area contributed by atoms with Gasteiger partial charge in [0.15, 0.2) is 0 Å². The topological polar surface area (TPSA) is 3.24 Å². The zero-order valence-electron chi connectivity index (χ0n) is 7.35. The van der Waals surface area contributed by atoms with Crippen LogP contribution >= 0.6 is 22.6 Å². The number of hydrogen-bond donors (Lipinski definition) is 0. The zero-order chi connectivity index (χ0) is 8.10. The van der Waals surface area contributed by atoms with Crippen molar-refractivity contribution in [2.75, 3.05) is 17.5 Å². The molecule has 1 unspecified atom stereocenters. The van der Waals surface area contributed by atoms with Gasteiger partial charge in [-0.1, -0.05) is 29.0 Å². The Kier molecular flexibility index (Phi) is 4.76. The molecule has 0 amide bonds. The van der Waals surface area contributed by atoms with Crippen LogP contribution in [0.5, 0.6) is 0 Å². The van der Waals surface area contributed by atoms with Crippen molar-refractivity contribution < 1.29 is 0 Å². The van der Waals surface area contributed by atoms with Crippen molar-refractivity contribution in [1.29, 1.82) is 0 Å². The second kappa shape index (κ2) is 5.36. The van der Waals surface area contributed by atoms with E-state index in [1.807, 2.05) is 0 Å². The zero-order valence-corrected chi connectivity index (χ0v) is 9.51. The molecule has 0 radical (unpaired) electrons. The van der Waals surface area contributed by atoms with Gasteiger partial charge in [-0.15, -0.1) is 0 Å². The number of rotatable bonds is 3. The van der Waals surface area contributed by atoms with Crippen molar-refractivity contribution >= 4 is 22.6 Å². The Balaban J connectivity index is 2.21. The van der Waals surface area contributed by atoms with Gasteiger partial charge in [0.25, 0.3) is 0 Å². The summed E-state index contributed by atoms with van der Waals surface area (Å²) < 4.78 is 1.30. The average molecular weight is 267 g/mol. The van der Waals surface area contributed by atoms with Crippen molar-refractivity contribution in [2.45, 2.75) is 38.6 Å². The maximum Gasteiger partial charge on any atom is 0.00742 e. The van der Waals surface area contributed by atoms with E-state index < -0.39 is 0 Å². The number of likely N-dealkylation sites (tertiary alicyclic amines) is 1. The minimum Gasteiger partial charge on any atom is -0.301 e. The molecule has 0 N–H and O–H groups in total. The number of nitrogens with zero attached hydrogens (tertiary/aromatic N) is 1. The highest BCUT2D eigenvalue weighted by Crippen LogP contribution is 2.14. The molecule has 0 aromatic rings. The summed E-state index contributed by atoms with van der Waals surface area (Å²) in [5, 5.41) is 0. The van der Waals surface area contributed by atoms with Crippen LogP contribution in [-0.4, -0.2) is 28.5 Å². The van der Waals surface area contributed by atoms with Gasteiger partial charge in [-0.25, -0.2) is 0 Å². The van der Waals surface area contributed by atoms with Gasteiger partial charge in [0.1, 0.15) is 0 Å². The predicted molar refractivity (Wildman–Crippen MR) is 58.4 cm³/mol. The fraction of sp³-hybridized carbons (Fsp3) is 1.00. The van der Waals surface area contributed by atoms with E-state index >= 15 is 0 Å². The van der Waals surface area contributed by atoms with E-state index in [0.717, 1.165) is 6.04 Å². The van der Waals surface area contributed by atoms with Gasteiger partial charge in [-0.3, -0.25) is 0 Å². The van der Waals surface area contributed by atoms with Gasteiger partial charge < -0.3 is 4.90 Å². The molecule has 66 valence electrons. The van der Waals surface area contributed by atoms with Gasteiger partial charge >= 0.3 is 0 Å². The van der Waals surface area contributed by atoms with Gasteiger partial charge in [-0.05, 0) is 39.3 Å². The molecule has 1 atom stereocenters. The minimum atomic E-state index is 0.826. The molecule has 1 aliphatic rings. The summed E-state index contributed by atoms with van der Waals surface area (Å²) in [6.07, 6.45) is 5.66. The summed E-state index contributed by atoms with van der Waals surface area (Å²) in [6.45, 7) is 5.06. The first kappa shape index (κ1) is 9.78. The first-order valence-corrected chi connectivity index (χ1v) is 6.17. The Morgan fingerprint density at radius 2 is 1.91 bits per heavy atom. The van der Waals surface area contributed by atoms with E-state index in [0.29, 0.717) is 0 Å². The molecule has 1 fully saturated rings. The third-order valence-corrected chi connectivity index (χ3v) is 3.16. The molecule has 0 spiro atoms. The minimum absolute atomic E-state index is 0.826. The fourth-order valence-electron chi connectivity index (χ4n) is 1.70. The summed E-state index contributed by atoms with van der Waals surface area (Å²) in [6, 6.07) is 0.826. The predicted octanol–water partition coefficient (Wildman–Crippen LogP) is 2.69. The highest BCUT2D eigenvalue weighted by molar-refractivity contribution is 14.1. The monoisotopic (exact) mass is 267 g/mol. The first-order chi connectivity index (χ1) is 5.34. The molecule has 0 saturated carbocycles. The molecular formula is C9H18IN. The van der Waals surface area contributed by atoms with Crippen LogP contribution in [0, 0.1) is 0 Å². The summed E-state index contributed by atoms with van der Waals surface area (Å²) in [4.78, 5) is 2.64. The van der Waals surface area contributed by atoms with E-state index in [1.165, 1.54) is 43.2 Å². The number of halogens is 1. The SMILES string of the molecule is CC(CCI)N1CCCCC1. The summed E-state index contributed by atoms with van der Waals surface area (Å²) in [5.41, 5.74) is 0. The molecular weight excluding hydrogens is 249 g/mol. The third kappa shape index (κ3) is 3.28. The summed E-state index contributed by atoms with van der Waals surface area (Å²) in [7, 11) is 0. The molecule has 0 bridgehead atoms. The van der Waals surface area contributed by atoms with E-state index in [9.17, 15) is 0 Å². The number of alkyl halides is 1. The van der Waals surface area contributed by atoms with Gasteiger partial charge in [0, 0.05) is 10.5 Å². The van der Waals surface area contributed by atoms with Crippen molar-refractivity contribution in [2.24, 2.45) is 0 Å². The van der Waals surface area contributed by atoms with Gasteiger partial charge in [-0.2, -0.15) is 0 Å². The standard InChI is InChI=1S/C9H18IN/c1-9(5-6-10)11-7-3-2-4-8-11/h9H,2-8H2,1H3. The van der Waals surface area contributed by atoms with Gasteiger partial charge in [0.2, 0.25) is 0 Å². The number of piperidine rings is 1. The van der Waals surface area contributed by atoms with Crippen LogP contribution in [0.15, 0.2) is 0 Å². The summed E-state index contributed by atoms with van der Waals surface area (Å²) >= 11 is 2.47. The van der Waals surface area contributed by atoms with Crippen LogP contribution < -0.4 is 0 Å². The Labute approximate surface area is 83.7 Å². The van der Waals surface area contributed by atoms with Crippen LogP contribution in [0.4, 0.5) is 0 Å². The molecule has 0 aliphatic carbocycles. The van der Waals surface area contributed by atoms with Crippen molar-refractivity contribution in [1.82, 2.24) is 4.90 Å². The average Bonchev–Trinajstić information content (AvgIpc) is 2.07. The Morgan fingerprint density at radius 3 is 2.45 bits per heavy atom. The quantitative estimate of drug-likeness (QED) is 0.561. The Morgan fingerprint density at radius 1 is 1.27 bits per heavy atom. The molecule has 0 aromatic heterocycles. The molecule has 0 aromatic carbocycles. The van der Waals surface area contributed by atoms with E-state index in [-0.39, 0.29) is 0 Å². The maximum atomic E-state index is 2.64. The lowest BCUT2D eigenvalue weighted by atomic mass is 10.1. The Hall–Kier alpha value is 0.690. The lowest BCUT2D eigenvalue weighted by molar-refractivity contribution is 0.171. The van der Waals surface area contributed by atoms with Crippen LogP contribution in [-0.2, 0) is 0 Å². The molecule has 1 rings (SSSR count). The lowest BCUT2D eigenvalue weighted by Crippen LogP contribution is -2.37. The maximum absolute atomic E-state index is 2.64. The molecule has 1 nitrogen and oxygen atoms in total. The molecule has 1 saturated heterocycles. The molecule has 1 heterocycles. The molecule has 2 heteroatoms. The fourth-order valence-corrected chi connectivity index (χ4v) is 2.60. The normalized spacial score (nSPS) is 23.5. The largest absolute Gasteiger partial charge is 0.301 e. The van der Waals surface area contributed by atoms with Crippen LogP contribution in [0.25, 0.3) is 0 Å². The number of hydrogen-bond acceptors (Lipinski definition) is 1. The lowest BCUT2D eigenvalue weighted by Gasteiger charge is -2.31. The van der Waals surface area contributed by atoms with Gasteiger partial charge in [0.05, 0.1) is 0 Å². The summed E-state index contributed by atoms with van der Waals surface area (Å²) in [5.74, 6) is 0. The van der Waals surface area contributed by atoms with E-state index in [2.05, 4.69) is 34.4 Å². The van der Waals surface area contributed by atoms with Crippen molar-refractivity contribution in [3.8, 4) is 0 Å². The molecule has 11 heavy (non-hydrogen) atoms. The third-order valence-electron chi connectivity index (χ3n) is 2.54. The Bertz CT molecular complexity index is 99.7. The first-order valence-electron chi connectivity index (χ1n) is 4.64. The van der Waals surface area contributed by atoms with Crippen LogP contribution in [0.2, 0.25) is 0 Å². The van der Waals surface area contributed by atoms with Crippen molar-refractivity contribution in [3.63, 3.8) is 0 Å². The van der Waals surface area contributed by atoms with E-state index in [4.69, 9.17) is 0 Å². The van der Waals surface area contributed by atoms with E-state index in [1.54, 1.807) is 0 Å².